The summed E-state index contributed by atoms with van der Waals surface area (Å²) >= 11 is 9.77. The van der Waals surface area contributed by atoms with Crippen LogP contribution < -0.4 is 15.1 Å². The first-order valence-electron chi connectivity index (χ1n) is 12.7. The Kier molecular flexibility index (Phi) is 6.58. The average Bonchev–Trinajstić information content (AvgIpc) is 3.66. The largest absolute Gasteiger partial charge is 0.325 e. The molecule has 0 aliphatic carbocycles. The summed E-state index contributed by atoms with van der Waals surface area (Å²) in [4.78, 5) is 56.6. The molecule has 1 fully saturated rings. The Balaban J connectivity index is 1.23. The maximum Gasteiger partial charge on any atom is 0.308 e. The molecule has 7 nitrogen and oxygen atoms in total. The van der Waals surface area contributed by atoms with Gasteiger partial charge < -0.3 is 5.32 Å². The molecule has 3 aromatic carbocycles. The highest BCUT2D eigenvalue weighted by atomic mass is 35.5. The maximum absolute atomic E-state index is 13.8. The van der Waals surface area contributed by atoms with E-state index in [1.54, 1.807) is 24.3 Å². The molecule has 0 radical (unpaired) electrons. The molecule has 3 atom stereocenters. The van der Waals surface area contributed by atoms with Gasteiger partial charge in [-0.2, -0.15) is 0 Å². The van der Waals surface area contributed by atoms with Crippen LogP contribution in [0.5, 0.6) is 0 Å². The van der Waals surface area contributed by atoms with Crippen molar-refractivity contribution >= 4 is 85.9 Å². The lowest BCUT2D eigenvalue weighted by molar-refractivity contribution is -0.122. The first-order chi connectivity index (χ1) is 19.9. The summed E-state index contributed by atoms with van der Waals surface area (Å²) < 4.78 is 1.43. The molecule has 2 aliphatic heterocycles. The minimum absolute atomic E-state index is 0.206. The van der Waals surface area contributed by atoms with E-state index in [0.717, 1.165) is 27.0 Å². The standard InChI is InChI=1S/C30H20ClN3O4S3/c31-18-8-11-20(12-9-18)34-27(36)24-23(21-6-3-13-39-21)26-29(40-25(24)28(34)37)33(30(38)41-26)15-22(35)32-19-10-7-16-4-1-2-5-17(16)14-19/h1-14,23-25H,15H2,(H,32,35)/t23-,24?,25?/m1/s1. The normalized spacial score (nSPS) is 19.8. The molecule has 1 N–H and O–H groups in total. The highest BCUT2D eigenvalue weighted by Gasteiger charge is 2.57. The number of aromatic nitrogens is 1. The second kappa shape index (κ2) is 10.3. The van der Waals surface area contributed by atoms with Gasteiger partial charge in [0.1, 0.15) is 11.8 Å². The van der Waals surface area contributed by atoms with Gasteiger partial charge in [0.25, 0.3) is 0 Å². The second-order valence-electron chi connectivity index (χ2n) is 9.78. The van der Waals surface area contributed by atoms with E-state index in [0.29, 0.717) is 26.3 Å². The number of halogens is 1. The molecule has 0 spiro atoms. The van der Waals surface area contributed by atoms with Crippen LogP contribution in [0.3, 0.4) is 0 Å². The number of thiazole rings is 1. The number of fused-ring (bicyclic) bond motifs is 3. The molecular weight excluding hydrogens is 598 g/mol. The maximum atomic E-state index is 13.8. The molecule has 11 heteroatoms. The Bertz CT molecular complexity index is 1900. The zero-order chi connectivity index (χ0) is 28.2. The fraction of sp³-hybridized carbons (Fsp3) is 0.133. The highest BCUT2D eigenvalue weighted by molar-refractivity contribution is 8.00. The molecule has 3 amide bonds. The van der Waals surface area contributed by atoms with Crippen LogP contribution in [0.1, 0.15) is 15.7 Å². The zero-order valence-electron chi connectivity index (χ0n) is 21.2. The van der Waals surface area contributed by atoms with Crippen LogP contribution >= 0.6 is 46.0 Å². The van der Waals surface area contributed by atoms with Crippen LogP contribution in [-0.2, 0) is 20.9 Å². The van der Waals surface area contributed by atoms with Crippen molar-refractivity contribution in [3.05, 3.63) is 109 Å². The number of carbonyl (C=O) groups is 3. The van der Waals surface area contributed by atoms with Gasteiger partial charge in [-0.05, 0) is 58.6 Å². The van der Waals surface area contributed by atoms with Crippen LogP contribution in [0.25, 0.3) is 10.8 Å². The number of thioether (sulfide) groups is 1. The molecule has 0 saturated carbocycles. The van der Waals surface area contributed by atoms with Crippen LogP contribution in [0.15, 0.2) is 94.1 Å². The van der Waals surface area contributed by atoms with E-state index in [1.807, 2.05) is 60.0 Å². The number of benzene rings is 3. The van der Waals surface area contributed by atoms with Crippen molar-refractivity contribution in [1.29, 1.82) is 0 Å². The van der Waals surface area contributed by atoms with Crippen LogP contribution in [0.2, 0.25) is 5.02 Å². The van der Waals surface area contributed by atoms with Gasteiger partial charge in [0, 0.05) is 26.4 Å². The predicted octanol–water partition coefficient (Wildman–Crippen LogP) is 6.21. The van der Waals surface area contributed by atoms with Gasteiger partial charge in [0.15, 0.2) is 0 Å². The summed E-state index contributed by atoms with van der Waals surface area (Å²) in [5.41, 5.74) is 1.09. The van der Waals surface area contributed by atoms with Gasteiger partial charge in [-0.15, -0.1) is 11.3 Å². The average molecular weight is 618 g/mol. The number of carbonyl (C=O) groups excluding carboxylic acids is 3. The quantitative estimate of drug-likeness (QED) is 0.237. The van der Waals surface area contributed by atoms with Crippen molar-refractivity contribution in [1.82, 2.24) is 4.57 Å². The van der Waals surface area contributed by atoms with Crippen LogP contribution in [0.4, 0.5) is 11.4 Å². The first kappa shape index (κ1) is 26.2. The number of rotatable bonds is 5. The van der Waals surface area contributed by atoms with Gasteiger partial charge >= 0.3 is 4.87 Å². The number of hydrogen-bond donors (Lipinski definition) is 1. The minimum Gasteiger partial charge on any atom is -0.325 e. The zero-order valence-corrected chi connectivity index (χ0v) is 24.4. The van der Waals surface area contributed by atoms with Crippen LogP contribution in [0, 0.1) is 5.92 Å². The Hall–Kier alpha value is -3.70. The third-order valence-electron chi connectivity index (χ3n) is 7.32. The van der Waals surface area contributed by atoms with E-state index in [-0.39, 0.29) is 29.1 Å². The van der Waals surface area contributed by atoms with Gasteiger partial charge in [-0.25, -0.2) is 4.90 Å². The van der Waals surface area contributed by atoms with Crippen molar-refractivity contribution in [2.45, 2.75) is 22.7 Å². The van der Waals surface area contributed by atoms with E-state index in [4.69, 9.17) is 11.6 Å². The summed E-state index contributed by atoms with van der Waals surface area (Å²) in [6.07, 6.45) is 0. The number of nitrogens with zero attached hydrogens (tertiary/aromatic N) is 2. The number of imide groups is 1. The van der Waals surface area contributed by atoms with E-state index < -0.39 is 17.1 Å². The first-order valence-corrected chi connectivity index (χ1v) is 15.7. The van der Waals surface area contributed by atoms with Crippen molar-refractivity contribution in [3.63, 3.8) is 0 Å². The van der Waals surface area contributed by atoms with Crippen molar-refractivity contribution in [2.75, 3.05) is 10.2 Å². The lowest BCUT2D eigenvalue weighted by Crippen LogP contribution is -2.32. The number of hydrogen-bond acceptors (Lipinski definition) is 7. The molecule has 4 heterocycles. The molecule has 2 unspecified atom stereocenters. The fourth-order valence-corrected chi connectivity index (χ4v) is 9.33. The molecule has 5 aromatic rings. The van der Waals surface area contributed by atoms with Gasteiger partial charge in [0.2, 0.25) is 17.7 Å². The van der Waals surface area contributed by atoms with Crippen molar-refractivity contribution < 1.29 is 14.4 Å². The summed E-state index contributed by atoms with van der Waals surface area (Å²) in [6.45, 7) is -0.206. The second-order valence-corrected chi connectivity index (χ2v) is 13.3. The lowest BCUT2D eigenvalue weighted by Gasteiger charge is -2.29. The minimum atomic E-state index is -0.735. The molecule has 7 rings (SSSR count). The number of anilines is 2. The molecule has 204 valence electrons. The summed E-state index contributed by atoms with van der Waals surface area (Å²) in [5, 5.41) is 7.20. The highest BCUT2D eigenvalue weighted by Crippen LogP contribution is 2.54. The lowest BCUT2D eigenvalue weighted by atomic mass is 9.87. The van der Waals surface area contributed by atoms with Gasteiger partial charge in [-0.1, -0.05) is 71.1 Å². The third kappa shape index (κ3) is 4.51. The van der Waals surface area contributed by atoms with Gasteiger partial charge in [0.05, 0.1) is 16.6 Å². The monoisotopic (exact) mass is 617 g/mol. The SMILES string of the molecule is O=C(Cn1c2c(sc1=O)[C@H](c1cccs1)C1C(=O)N(c3ccc(Cl)cc3)C(=O)C1S2)Nc1ccc2ccccc2c1. The molecule has 41 heavy (non-hydrogen) atoms. The van der Waals surface area contributed by atoms with E-state index in [2.05, 4.69) is 5.32 Å². The fourth-order valence-electron chi connectivity index (χ4n) is 5.49. The smallest absolute Gasteiger partial charge is 0.308 e. The topological polar surface area (TPSA) is 88.5 Å². The van der Waals surface area contributed by atoms with Crippen molar-refractivity contribution in [2.24, 2.45) is 5.92 Å². The van der Waals surface area contributed by atoms with E-state index in [9.17, 15) is 19.2 Å². The Labute approximate surface area is 251 Å². The Morgan fingerprint density at radius 3 is 2.44 bits per heavy atom. The van der Waals surface area contributed by atoms with E-state index >= 15 is 0 Å². The van der Waals surface area contributed by atoms with Gasteiger partial charge in [-0.3, -0.25) is 23.7 Å². The summed E-state index contributed by atoms with van der Waals surface area (Å²) in [7, 11) is 0. The number of thiophene rings is 1. The number of nitrogens with one attached hydrogen (secondary N) is 1. The van der Waals surface area contributed by atoms with E-state index in [1.165, 1.54) is 32.6 Å². The summed E-state index contributed by atoms with van der Waals surface area (Å²) in [5.74, 6) is -2.14. The molecule has 2 aromatic heterocycles. The summed E-state index contributed by atoms with van der Waals surface area (Å²) in [6, 6.07) is 23.9. The number of amides is 3. The predicted molar refractivity (Wildman–Crippen MR) is 164 cm³/mol. The molecule has 1 saturated heterocycles. The van der Waals surface area contributed by atoms with Crippen molar-refractivity contribution in [3.8, 4) is 0 Å². The Morgan fingerprint density at radius 1 is 0.902 bits per heavy atom. The molecular formula is C30H20ClN3O4S3. The van der Waals surface area contributed by atoms with Crippen LogP contribution in [-0.4, -0.2) is 27.5 Å². The Morgan fingerprint density at radius 2 is 1.68 bits per heavy atom. The molecule has 2 aliphatic rings. The molecule has 0 bridgehead atoms. The third-order valence-corrected chi connectivity index (χ3v) is 11.1.